The first-order valence-corrected chi connectivity index (χ1v) is 7.99. The normalized spacial score (nSPS) is 11.0. The number of para-hydroxylation sites is 1. The number of ether oxygens (including phenoxy) is 1. The Morgan fingerprint density at radius 2 is 2.05 bits per heavy atom. The molecule has 108 valence electrons. The highest BCUT2D eigenvalue weighted by molar-refractivity contribution is 7.09. The number of benzene rings is 1. The molecule has 1 N–H and O–H groups in total. The van der Waals surface area contributed by atoms with Crippen LogP contribution in [0.15, 0.2) is 35.7 Å². The van der Waals surface area contributed by atoms with Crippen LogP contribution in [0.4, 0.5) is 0 Å². The maximum absolute atomic E-state index is 6.04. The average Bonchev–Trinajstić information content (AvgIpc) is 2.90. The Bertz CT molecular complexity index is 520. The molecule has 1 aromatic heterocycles. The number of hydrogen-bond donors (Lipinski definition) is 1. The summed E-state index contributed by atoms with van der Waals surface area (Å²) >= 11 is 1.74. The summed E-state index contributed by atoms with van der Waals surface area (Å²) in [5, 5.41) is 5.57. The Balaban J connectivity index is 2.01. The highest BCUT2D eigenvalue weighted by Crippen LogP contribution is 2.25. The van der Waals surface area contributed by atoms with E-state index in [2.05, 4.69) is 61.8 Å². The van der Waals surface area contributed by atoms with E-state index in [0.29, 0.717) is 12.5 Å². The largest absolute Gasteiger partial charge is 0.487 e. The zero-order valence-electron chi connectivity index (χ0n) is 12.5. The fourth-order valence-corrected chi connectivity index (χ4v) is 2.71. The van der Waals surface area contributed by atoms with Gasteiger partial charge in [-0.05, 0) is 36.4 Å². The minimum absolute atomic E-state index is 0.652. The van der Waals surface area contributed by atoms with Gasteiger partial charge in [-0.2, -0.15) is 0 Å². The van der Waals surface area contributed by atoms with Gasteiger partial charge in [0.25, 0.3) is 0 Å². The lowest BCUT2D eigenvalue weighted by atomic mass is 10.1. The minimum atomic E-state index is 0.652. The second-order valence-electron chi connectivity index (χ2n) is 5.46. The Kier molecular flexibility index (Phi) is 5.62. The third-order valence-corrected chi connectivity index (χ3v) is 3.95. The van der Waals surface area contributed by atoms with E-state index in [1.165, 1.54) is 16.0 Å². The summed E-state index contributed by atoms with van der Waals surface area (Å²) in [5.74, 6) is 1.69. The molecule has 2 nitrogen and oxygen atoms in total. The van der Waals surface area contributed by atoms with Crippen LogP contribution in [-0.2, 0) is 13.2 Å². The molecule has 0 unspecified atom stereocenters. The topological polar surface area (TPSA) is 21.3 Å². The zero-order valence-corrected chi connectivity index (χ0v) is 13.3. The molecule has 0 fully saturated rings. The van der Waals surface area contributed by atoms with Crippen molar-refractivity contribution in [2.24, 2.45) is 5.92 Å². The van der Waals surface area contributed by atoms with Gasteiger partial charge in [0, 0.05) is 17.0 Å². The summed E-state index contributed by atoms with van der Waals surface area (Å²) in [5.41, 5.74) is 2.44. The third-order valence-electron chi connectivity index (χ3n) is 3.10. The smallest absolute Gasteiger partial charge is 0.127 e. The molecular formula is C17H23NOS. The highest BCUT2D eigenvalue weighted by atomic mass is 32.1. The second kappa shape index (κ2) is 7.46. The first-order chi connectivity index (χ1) is 9.66. The summed E-state index contributed by atoms with van der Waals surface area (Å²) in [6.07, 6.45) is 0. The fraction of sp³-hybridized carbons (Fsp3) is 0.412. The van der Waals surface area contributed by atoms with Crippen molar-refractivity contribution in [2.75, 3.05) is 6.54 Å². The number of thiophene rings is 1. The van der Waals surface area contributed by atoms with Crippen LogP contribution in [0.25, 0.3) is 0 Å². The molecule has 0 amide bonds. The maximum Gasteiger partial charge on any atom is 0.127 e. The summed E-state index contributed by atoms with van der Waals surface area (Å²) in [6.45, 7) is 9.09. The average molecular weight is 289 g/mol. The van der Waals surface area contributed by atoms with Crippen molar-refractivity contribution in [2.45, 2.75) is 33.9 Å². The van der Waals surface area contributed by atoms with Crippen molar-refractivity contribution in [3.05, 3.63) is 51.7 Å². The van der Waals surface area contributed by atoms with E-state index in [0.717, 1.165) is 18.8 Å². The number of rotatable bonds is 7. The van der Waals surface area contributed by atoms with Crippen molar-refractivity contribution in [3.8, 4) is 5.75 Å². The van der Waals surface area contributed by atoms with E-state index in [9.17, 15) is 0 Å². The van der Waals surface area contributed by atoms with Crippen LogP contribution < -0.4 is 10.1 Å². The Morgan fingerprint density at radius 1 is 1.20 bits per heavy atom. The first-order valence-electron chi connectivity index (χ1n) is 7.11. The van der Waals surface area contributed by atoms with Crippen LogP contribution in [-0.4, -0.2) is 6.54 Å². The summed E-state index contributed by atoms with van der Waals surface area (Å²) in [4.78, 5) is 1.26. The monoisotopic (exact) mass is 289 g/mol. The van der Waals surface area contributed by atoms with Crippen LogP contribution in [0.1, 0.15) is 29.9 Å². The molecule has 0 spiro atoms. The van der Waals surface area contributed by atoms with Crippen molar-refractivity contribution in [1.82, 2.24) is 5.32 Å². The molecule has 2 rings (SSSR count). The number of nitrogens with one attached hydrogen (secondary N) is 1. The molecule has 0 radical (unpaired) electrons. The molecule has 0 aliphatic heterocycles. The lowest BCUT2D eigenvalue weighted by Crippen LogP contribution is -2.19. The molecule has 0 aliphatic carbocycles. The fourth-order valence-electron chi connectivity index (χ4n) is 2.09. The summed E-state index contributed by atoms with van der Waals surface area (Å²) in [7, 11) is 0. The van der Waals surface area contributed by atoms with Crippen molar-refractivity contribution in [3.63, 3.8) is 0 Å². The van der Waals surface area contributed by atoms with E-state index in [1.807, 2.05) is 0 Å². The molecular weight excluding hydrogens is 266 g/mol. The van der Waals surface area contributed by atoms with Crippen molar-refractivity contribution in [1.29, 1.82) is 0 Å². The molecule has 20 heavy (non-hydrogen) atoms. The SMILES string of the molecule is Cc1cccc(CNCC(C)C)c1OCc1cccs1. The number of aryl methyl sites for hydroxylation is 1. The lowest BCUT2D eigenvalue weighted by molar-refractivity contribution is 0.303. The molecule has 1 aromatic carbocycles. The lowest BCUT2D eigenvalue weighted by Gasteiger charge is -2.15. The predicted molar refractivity (Wildman–Crippen MR) is 86.4 cm³/mol. The molecule has 0 aliphatic rings. The van der Waals surface area contributed by atoms with Gasteiger partial charge in [0.1, 0.15) is 12.4 Å². The van der Waals surface area contributed by atoms with Crippen LogP contribution in [0, 0.1) is 12.8 Å². The molecule has 3 heteroatoms. The standard InChI is InChI=1S/C17H23NOS/c1-13(2)10-18-11-15-7-4-6-14(3)17(15)19-12-16-8-5-9-20-16/h4-9,13,18H,10-12H2,1-3H3. The summed E-state index contributed by atoms with van der Waals surface area (Å²) in [6, 6.07) is 10.5. The van der Waals surface area contributed by atoms with Gasteiger partial charge in [-0.15, -0.1) is 11.3 Å². The van der Waals surface area contributed by atoms with Gasteiger partial charge < -0.3 is 10.1 Å². The predicted octanol–water partition coefficient (Wildman–Crippen LogP) is 4.38. The maximum atomic E-state index is 6.04. The third kappa shape index (κ3) is 4.36. The highest BCUT2D eigenvalue weighted by Gasteiger charge is 2.07. The van der Waals surface area contributed by atoms with E-state index < -0.39 is 0 Å². The molecule has 0 atom stereocenters. The van der Waals surface area contributed by atoms with Crippen LogP contribution >= 0.6 is 11.3 Å². The Labute approximate surface area is 125 Å². The van der Waals surface area contributed by atoms with Gasteiger partial charge in [-0.1, -0.05) is 38.1 Å². The van der Waals surface area contributed by atoms with Gasteiger partial charge in [0.2, 0.25) is 0 Å². The molecule has 2 aromatic rings. The van der Waals surface area contributed by atoms with E-state index in [1.54, 1.807) is 11.3 Å². The molecule has 1 heterocycles. The van der Waals surface area contributed by atoms with Gasteiger partial charge >= 0.3 is 0 Å². The molecule has 0 bridgehead atoms. The van der Waals surface area contributed by atoms with Gasteiger partial charge in [-0.3, -0.25) is 0 Å². The van der Waals surface area contributed by atoms with Crippen LogP contribution in [0.5, 0.6) is 5.75 Å². The van der Waals surface area contributed by atoms with Gasteiger partial charge in [0.15, 0.2) is 0 Å². The zero-order chi connectivity index (χ0) is 14.4. The number of hydrogen-bond acceptors (Lipinski definition) is 3. The molecule has 0 saturated carbocycles. The minimum Gasteiger partial charge on any atom is -0.487 e. The van der Waals surface area contributed by atoms with E-state index >= 15 is 0 Å². The van der Waals surface area contributed by atoms with E-state index in [4.69, 9.17) is 4.74 Å². The first kappa shape index (κ1) is 15.1. The van der Waals surface area contributed by atoms with Crippen LogP contribution in [0.3, 0.4) is 0 Å². The molecule has 0 saturated heterocycles. The van der Waals surface area contributed by atoms with Gasteiger partial charge in [-0.25, -0.2) is 0 Å². The quantitative estimate of drug-likeness (QED) is 0.816. The van der Waals surface area contributed by atoms with E-state index in [-0.39, 0.29) is 0 Å². The summed E-state index contributed by atoms with van der Waals surface area (Å²) < 4.78 is 6.04. The Hall–Kier alpha value is -1.32. The van der Waals surface area contributed by atoms with Crippen molar-refractivity contribution >= 4 is 11.3 Å². The van der Waals surface area contributed by atoms with Gasteiger partial charge in [0.05, 0.1) is 0 Å². The van der Waals surface area contributed by atoms with Crippen molar-refractivity contribution < 1.29 is 4.74 Å². The Morgan fingerprint density at radius 3 is 2.75 bits per heavy atom. The second-order valence-corrected chi connectivity index (χ2v) is 6.49. The van der Waals surface area contributed by atoms with Crippen LogP contribution in [0.2, 0.25) is 0 Å².